The van der Waals surface area contributed by atoms with Gasteiger partial charge in [0, 0.05) is 13.1 Å². The number of carbonyl (C=O) groups is 3. The number of hydrogen-bond acceptors (Lipinski definition) is 7. The number of rotatable bonds is 4. The molecule has 3 saturated heterocycles. The highest BCUT2D eigenvalue weighted by molar-refractivity contribution is 7.80. The van der Waals surface area contributed by atoms with Gasteiger partial charge >= 0.3 is 16.4 Å². The first-order valence-corrected chi connectivity index (χ1v) is 9.20. The van der Waals surface area contributed by atoms with Crippen molar-refractivity contribution in [3.8, 4) is 0 Å². The average Bonchev–Trinajstić information content (AvgIpc) is 3.16. The highest BCUT2D eigenvalue weighted by atomic mass is 32.3. The van der Waals surface area contributed by atoms with Crippen LogP contribution < -0.4 is 16.2 Å². The van der Waals surface area contributed by atoms with Crippen molar-refractivity contribution in [2.75, 3.05) is 19.6 Å². The van der Waals surface area contributed by atoms with Gasteiger partial charge in [-0.25, -0.2) is 4.79 Å². The Labute approximate surface area is 143 Å². The number of piperidine rings is 1. The number of hydrazine groups is 1. The van der Waals surface area contributed by atoms with E-state index in [1.807, 2.05) is 0 Å². The Kier molecular flexibility index (Phi) is 4.81. The standard InChI is InChI=1S/C12H19N5O7S/c18-10(7-3-4-13-5-7)14-15-11(19)9-2-1-8-6-16(9)12(20)17(8)24-25(21,22)23/h7-9,13H,1-6H2,(H,14,18)(H,15,19)(H,21,22,23)/t7-,8+,9-/m0/s1. The Morgan fingerprint density at radius 3 is 2.56 bits per heavy atom. The van der Waals surface area contributed by atoms with Crippen LogP contribution in [-0.4, -0.2) is 72.5 Å². The molecule has 0 aliphatic carbocycles. The van der Waals surface area contributed by atoms with Gasteiger partial charge in [-0.15, -0.1) is 4.28 Å². The van der Waals surface area contributed by atoms with E-state index in [0.717, 1.165) is 11.4 Å². The molecule has 0 saturated carbocycles. The molecule has 3 rings (SSSR count). The van der Waals surface area contributed by atoms with Crippen LogP contribution in [0.3, 0.4) is 0 Å². The van der Waals surface area contributed by atoms with Gasteiger partial charge in [0.2, 0.25) is 5.91 Å². The number of urea groups is 1. The molecule has 0 aromatic heterocycles. The summed E-state index contributed by atoms with van der Waals surface area (Å²) >= 11 is 0. The van der Waals surface area contributed by atoms with Crippen molar-refractivity contribution in [1.82, 2.24) is 26.1 Å². The Morgan fingerprint density at radius 1 is 1.20 bits per heavy atom. The van der Waals surface area contributed by atoms with Crippen molar-refractivity contribution in [1.29, 1.82) is 0 Å². The monoisotopic (exact) mass is 377 g/mol. The molecule has 12 nitrogen and oxygen atoms in total. The fourth-order valence-electron chi connectivity index (χ4n) is 3.29. The largest absolute Gasteiger partial charge is 0.418 e. The molecule has 0 radical (unpaired) electrons. The minimum atomic E-state index is -4.83. The summed E-state index contributed by atoms with van der Waals surface area (Å²) in [4.78, 5) is 37.5. The minimum absolute atomic E-state index is 0.0902. The summed E-state index contributed by atoms with van der Waals surface area (Å²) in [5.41, 5.74) is 4.66. The lowest BCUT2D eigenvalue weighted by Crippen LogP contribution is -2.55. The molecule has 25 heavy (non-hydrogen) atoms. The number of amides is 4. The average molecular weight is 377 g/mol. The van der Waals surface area contributed by atoms with E-state index in [-0.39, 0.29) is 24.8 Å². The topological polar surface area (TPSA) is 157 Å². The normalized spacial score (nSPS) is 29.0. The van der Waals surface area contributed by atoms with Gasteiger partial charge in [0.05, 0.1) is 12.0 Å². The van der Waals surface area contributed by atoms with E-state index in [9.17, 15) is 22.8 Å². The van der Waals surface area contributed by atoms with E-state index in [2.05, 4.69) is 20.5 Å². The van der Waals surface area contributed by atoms with Gasteiger partial charge in [-0.2, -0.15) is 13.5 Å². The Morgan fingerprint density at radius 2 is 1.92 bits per heavy atom. The van der Waals surface area contributed by atoms with Crippen molar-refractivity contribution in [3.63, 3.8) is 0 Å². The number of hydroxylamine groups is 2. The van der Waals surface area contributed by atoms with Crippen LogP contribution in [0.2, 0.25) is 0 Å². The highest BCUT2D eigenvalue weighted by Crippen LogP contribution is 2.30. The summed E-state index contributed by atoms with van der Waals surface area (Å²) in [6.45, 7) is 1.37. The van der Waals surface area contributed by atoms with Crippen LogP contribution in [0.1, 0.15) is 19.3 Å². The lowest BCUT2D eigenvalue weighted by molar-refractivity contribution is -0.133. The van der Waals surface area contributed by atoms with Gasteiger partial charge in [-0.3, -0.25) is 25.0 Å². The van der Waals surface area contributed by atoms with Crippen LogP contribution in [0.25, 0.3) is 0 Å². The molecule has 3 heterocycles. The number of carbonyl (C=O) groups excluding carboxylic acids is 3. The van der Waals surface area contributed by atoms with Gasteiger partial charge in [-0.05, 0) is 25.8 Å². The van der Waals surface area contributed by atoms with E-state index >= 15 is 0 Å². The summed E-state index contributed by atoms with van der Waals surface area (Å²) in [6.07, 6.45) is 1.27. The smallest absolute Gasteiger partial charge is 0.316 e. The second kappa shape index (κ2) is 6.74. The fraction of sp³-hybridized carbons (Fsp3) is 0.750. The zero-order valence-corrected chi connectivity index (χ0v) is 14.0. The zero-order chi connectivity index (χ0) is 18.2. The van der Waals surface area contributed by atoms with Crippen LogP contribution in [0.15, 0.2) is 0 Å². The van der Waals surface area contributed by atoms with Crippen molar-refractivity contribution in [2.24, 2.45) is 5.92 Å². The van der Waals surface area contributed by atoms with Crippen LogP contribution in [0.5, 0.6) is 0 Å². The van der Waals surface area contributed by atoms with Gasteiger partial charge in [0.1, 0.15) is 6.04 Å². The van der Waals surface area contributed by atoms with Gasteiger partial charge < -0.3 is 10.2 Å². The van der Waals surface area contributed by atoms with Gasteiger partial charge in [0.15, 0.2) is 0 Å². The van der Waals surface area contributed by atoms with E-state index in [1.54, 1.807) is 0 Å². The molecule has 3 atom stereocenters. The van der Waals surface area contributed by atoms with E-state index in [1.165, 1.54) is 0 Å². The lowest BCUT2D eigenvalue weighted by atomic mass is 10.0. The van der Waals surface area contributed by atoms with Crippen molar-refractivity contribution >= 4 is 28.2 Å². The van der Waals surface area contributed by atoms with Gasteiger partial charge in [-0.1, -0.05) is 0 Å². The molecule has 13 heteroatoms. The molecule has 3 aliphatic rings. The molecule has 4 N–H and O–H groups in total. The molecule has 3 fully saturated rings. The molecule has 0 spiro atoms. The maximum Gasteiger partial charge on any atom is 0.418 e. The van der Waals surface area contributed by atoms with Crippen LogP contribution in [0, 0.1) is 5.92 Å². The van der Waals surface area contributed by atoms with E-state index in [0.29, 0.717) is 24.4 Å². The summed E-state index contributed by atoms with van der Waals surface area (Å²) in [6, 6.07) is -2.26. The first-order valence-electron chi connectivity index (χ1n) is 7.83. The first-order chi connectivity index (χ1) is 11.8. The Balaban J connectivity index is 1.57. The molecular weight excluding hydrogens is 358 g/mol. The molecule has 0 aromatic carbocycles. The third-order valence-corrected chi connectivity index (χ3v) is 4.89. The molecule has 3 aliphatic heterocycles. The molecule has 2 bridgehead atoms. The lowest BCUT2D eigenvalue weighted by Gasteiger charge is -2.29. The number of fused-ring (bicyclic) bond motifs is 2. The predicted octanol–water partition coefficient (Wildman–Crippen LogP) is -2.25. The molecule has 0 unspecified atom stereocenters. The van der Waals surface area contributed by atoms with Crippen molar-refractivity contribution in [3.05, 3.63) is 0 Å². The maximum atomic E-state index is 12.3. The van der Waals surface area contributed by atoms with E-state index < -0.39 is 34.4 Å². The van der Waals surface area contributed by atoms with Crippen LogP contribution in [0.4, 0.5) is 4.79 Å². The van der Waals surface area contributed by atoms with Crippen LogP contribution >= 0.6 is 0 Å². The van der Waals surface area contributed by atoms with Crippen molar-refractivity contribution < 1.29 is 31.6 Å². The number of nitrogens with zero attached hydrogens (tertiary/aromatic N) is 2. The molecule has 140 valence electrons. The third kappa shape index (κ3) is 3.84. The molecule has 4 amide bonds. The fourth-order valence-corrected chi connectivity index (χ4v) is 3.68. The van der Waals surface area contributed by atoms with Crippen LogP contribution in [-0.2, 0) is 24.3 Å². The first kappa shape index (κ1) is 17.8. The summed E-state index contributed by atoms with van der Waals surface area (Å²) in [7, 11) is -4.83. The third-order valence-electron chi connectivity index (χ3n) is 4.54. The predicted molar refractivity (Wildman–Crippen MR) is 80.6 cm³/mol. The van der Waals surface area contributed by atoms with E-state index in [4.69, 9.17) is 4.55 Å². The van der Waals surface area contributed by atoms with Gasteiger partial charge in [0.25, 0.3) is 5.91 Å². The SMILES string of the molecule is O=C(NNC(=O)[C@@H]1CC[C@@H]2CN1C(=O)N2OS(=O)(=O)O)[C@H]1CCNC1. The summed E-state index contributed by atoms with van der Waals surface area (Å²) in [5, 5.41) is 3.60. The molecule has 0 aromatic rings. The van der Waals surface area contributed by atoms with Crippen molar-refractivity contribution in [2.45, 2.75) is 31.3 Å². The summed E-state index contributed by atoms with van der Waals surface area (Å²) in [5.74, 6) is -1.10. The second-order valence-electron chi connectivity index (χ2n) is 6.18. The number of hydrogen-bond donors (Lipinski definition) is 4. The molecular formula is C12H19N5O7S. The second-order valence-corrected chi connectivity index (χ2v) is 7.18. The Hall–Kier alpha value is -1.96. The highest BCUT2D eigenvalue weighted by Gasteiger charge is 2.49. The number of nitrogens with one attached hydrogen (secondary N) is 3. The minimum Gasteiger partial charge on any atom is -0.316 e. The maximum absolute atomic E-state index is 12.3. The Bertz CT molecular complexity index is 677. The quantitative estimate of drug-likeness (QED) is 0.316. The summed E-state index contributed by atoms with van der Waals surface area (Å²) < 4.78 is 34.7. The zero-order valence-electron chi connectivity index (χ0n) is 13.2.